The Labute approximate surface area is 162 Å². The zero-order chi connectivity index (χ0) is 19.7. The molecule has 8 heteroatoms. The number of carboxylic acid groups (broad SMARTS) is 1. The molecule has 28 heavy (non-hydrogen) atoms. The standard InChI is InChI=1S/C20H22N4O4/c1-12-18-17(14-3-4-15(22-20(25)26)16(11-14)27-2)23-19(24(18)8-7-21-12)13-5-9-28-10-6-13/h3-4,7-8,11,13,22H,5-6,9-10H2,1-2H3,(H,25,26). The molecule has 0 saturated carbocycles. The number of fused-ring (bicyclic) bond motifs is 1. The first-order chi connectivity index (χ1) is 13.6. The highest BCUT2D eigenvalue weighted by atomic mass is 16.5. The fourth-order valence-corrected chi connectivity index (χ4v) is 3.72. The third-order valence-electron chi connectivity index (χ3n) is 5.07. The predicted molar refractivity (Wildman–Crippen MR) is 104 cm³/mol. The average Bonchev–Trinajstić information content (AvgIpc) is 3.09. The maximum absolute atomic E-state index is 11.0. The lowest BCUT2D eigenvalue weighted by Gasteiger charge is -2.20. The molecule has 1 saturated heterocycles. The number of aromatic nitrogens is 3. The van der Waals surface area contributed by atoms with Crippen molar-refractivity contribution in [2.45, 2.75) is 25.7 Å². The monoisotopic (exact) mass is 382 g/mol. The van der Waals surface area contributed by atoms with Gasteiger partial charge in [-0.1, -0.05) is 6.07 Å². The van der Waals surface area contributed by atoms with Gasteiger partial charge in [0, 0.05) is 37.1 Å². The molecule has 1 amide bonds. The molecule has 4 rings (SSSR count). The number of rotatable bonds is 4. The van der Waals surface area contributed by atoms with Gasteiger partial charge in [-0.2, -0.15) is 0 Å². The van der Waals surface area contributed by atoms with Gasteiger partial charge in [-0.05, 0) is 31.9 Å². The summed E-state index contributed by atoms with van der Waals surface area (Å²) in [5, 5.41) is 11.3. The third-order valence-corrected chi connectivity index (χ3v) is 5.07. The van der Waals surface area contributed by atoms with E-state index in [9.17, 15) is 4.79 Å². The van der Waals surface area contributed by atoms with Gasteiger partial charge in [-0.25, -0.2) is 9.78 Å². The molecule has 2 N–H and O–H groups in total. The molecule has 1 aliphatic rings. The number of imidazole rings is 1. The number of benzene rings is 1. The van der Waals surface area contributed by atoms with Crippen molar-refractivity contribution < 1.29 is 19.4 Å². The summed E-state index contributed by atoms with van der Waals surface area (Å²) in [4.78, 5) is 20.4. The van der Waals surface area contributed by atoms with Crippen LogP contribution < -0.4 is 10.1 Å². The first-order valence-corrected chi connectivity index (χ1v) is 9.18. The number of nitrogens with zero attached hydrogens (tertiary/aromatic N) is 3. The summed E-state index contributed by atoms with van der Waals surface area (Å²) in [5.74, 6) is 1.77. The number of amides is 1. The minimum Gasteiger partial charge on any atom is -0.495 e. The summed E-state index contributed by atoms with van der Waals surface area (Å²) >= 11 is 0. The number of anilines is 1. The minimum absolute atomic E-state index is 0.326. The van der Waals surface area contributed by atoms with Crippen LogP contribution in [0.25, 0.3) is 16.8 Å². The maximum Gasteiger partial charge on any atom is 0.409 e. The number of carbonyl (C=O) groups is 1. The quantitative estimate of drug-likeness (QED) is 0.714. The second kappa shape index (κ2) is 7.47. The molecule has 0 radical (unpaired) electrons. The van der Waals surface area contributed by atoms with Gasteiger partial charge in [0.15, 0.2) is 0 Å². The second-order valence-corrected chi connectivity index (χ2v) is 6.78. The van der Waals surface area contributed by atoms with E-state index in [1.54, 1.807) is 18.3 Å². The Balaban J connectivity index is 1.85. The Kier molecular flexibility index (Phi) is 4.87. The Hall–Kier alpha value is -3.13. The topological polar surface area (TPSA) is 98.0 Å². The Morgan fingerprint density at radius 1 is 1.36 bits per heavy atom. The van der Waals surface area contributed by atoms with Crippen LogP contribution in [0.15, 0.2) is 30.6 Å². The minimum atomic E-state index is -1.14. The zero-order valence-corrected chi connectivity index (χ0v) is 15.8. The van der Waals surface area contributed by atoms with E-state index < -0.39 is 6.09 Å². The van der Waals surface area contributed by atoms with Crippen molar-refractivity contribution in [1.82, 2.24) is 14.4 Å². The summed E-state index contributed by atoms with van der Waals surface area (Å²) < 4.78 is 13.0. The van der Waals surface area contributed by atoms with Crippen LogP contribution in [0.3, 0.4) is 0 Å². The zero-order valence-electron chi connectivity index (χ0n) is 15.8. The highest BCUT2D eigenvalue weighted by Gasteiger charge is 2.24. The fraction of sp³-hybridized carbons (Fsp3) is 0.350. The molecule has 146 valence electrons. The number of hydrogen-bond acceptors (Lipinski definition) is 5. The molecule has 1 fully saturated rings. The predicted octanol–water partition coefficient (Wildman–Crippen LogP) is 3.70. The van der Waals surface area contributed by atoms with Crippen molar-refractivity contribution in [2.24, 2.45) is 0 Å². The third kappa shape index (κ3) is 3.27. The lowest BCUT2D eigenvalue weighted by Crippen LogP contribution is -2.16. The molecule has 1 aliphatic heterocycles. The van der Waals surface area contributed by atoms with E-state index in [4.69, 9.17) is 19.6 Å². The molecular weight excluding hydrogens is 360 g/mol. The lowest BCUT2D eigenvalue weighted by molar-refractivity contribution is 0.0835. The molecule has 3 aromatic rings. The van der Waals surface area contributed by atoms with Crippen LogP contribution in [-0.4, -0.2) is 45.9 Å². The van der Waals surface area contributed by atoms with Crippen LogP contribution in [0.1, 0.15) is 30.3 Å². The van der Waals surface area contributed by atoms with Crippen LogP contribution in [0.5, 0.6) is 5.75 Å². The highest BCUT2D eigenvalue weighted by Crippen LogP contribution is 2.36. The number of ether oxygens (including phenoxy) is 2. The van der Waals surface area contributed by atoms with Gasteiger partial charge in [-0.3, -0.25) is 14.7 Å². The van der Waals surface area contributed by atoms with Gasteiger partial charge in [0.25, 0.3) is 0 Å². The van der Waals surface area contributed by atoms with Crippen molar-refractivity contribution >= 4 is 17.3 Å². The summed E-state index contributed by atoms with van der Waals surface area (Å²) in [5.41, 5.74) is 3.88. The lowest BCUT2D eigenvalue weighted by atomic mass is 9.99. The summed E-state index contributed by atoms with van der Waals surface area (Å²) in [6.45, 7) is 3.44. The molecule has 0 spiro atoms. The Bertz CT molecular complexity index is 1020. The van der Waals surface area contributed by atoms with Crippen LogP contribution in [0, 0.1) is 6.92 Å². The van der Waals surface area contributed by atoms with Gasteiger partial charge in [0.2, 0.25) is 0 Å². The van der Waals surface area contributed by atoms with Crippen molar-refractivity contribution in [3.05, 3.63) is 42.1 Å². The largest absolute Gasteiger partial charge is 0.495 e. The first-order valence-electron chi connectivity index (χ1n) is 9.18. The van der Waals surface area contributed by atoms with E-state index in [1.165, 1.54) is 7.11 Å². The van der Waals surface area contributed by atoms with E-state index in [-0.39, 0.29) is 0 Å². The molecule has 2 aromatic heterocycles. The number of nitrogens with one attached hydrogen (secondary N) is 1. The van der Waals surface area contributed by atoms with Gasteiger partial charge < -0.3 is 14.6 Å². The molecular formula is C20H22N4O4. The summed E-state index contributed by atoms with van der Waals surface area (Å²) in [6, 6.07) is 5.33. The van der Waals surface area contributed by atoms with Gasteiger partial charge in [-0.15, -0.1) is 0 Å². The van der Waals surface area contributed by atoms with Crippen molar-refractivity contribution in [3.63, 3.8) is 0 Å². The molecule has 3 heterocycles. The number of methoxy groups -OCH3 is 1. The van der Waals surface area contributed by atoms with Crippen molar-refractivity contribution in [3.8, 4) is 17.0 Å². The summed E-state index contributed by atoms with van der Waals surface area (Å²) in [6.07, 6.45) is 4.47. The number of hydrogen-bond donors (Lipinski definition) is 2. The van der Waals surface area contributed by atoms with E-state index in [0.29, 0.717) is 17.4 Å². The van der Waals surface area contributed by atoms with Gasteiger partial charge in [0.05, 0.1) is 29.7 Å². The fourth-order valence-electron chi connectivity index (χ4n) is 3.72. The van der Waals surface area contributed by atoms with Crippen molar-refractivity contribution in [1.29, 1.82) is 0 Å². The van der Waals surface area contributed by atoms with Crippen LogP contribution >= 0.6 is 0 Å². The number of aryl methyl sites for hydroxylation is 1. The second-order valence-electron chi connectivity index (χ2n) is 6.78. The van der Waals surface area contributed by atoms with Crippen molar-refractivity contribution in [2.75, 3.05) is 25.6 Å². The highest BCUT2D eigenvalue weighted by molar-refractivity contribution is 5.88. The normalized spacial score (nSPS) is 14.9. The van der Waals surface area contributed by atoms with Gasteiger partial charge >= 0.3 is 6.09 Å². The van der Waals surface area contributed by atoms with Crippen LogP contribution in [0.4, 0.5) is 10.5 Å². The van der Waals surface area contributed by atoms with E-state index in [0.717, 1.165) is 54.3 Å². The van der Waals surface area contributed by atoms with Crippen LogP contribution in [0.2, 0.25) is 0 Å². The van der Waals surface area contributed by atoms with E-state index in [2.05, 4.69) is 14.7 Å². The summed E-state index contributed by atoms with van der Waals surface area (Å²) in [7, 11) is 1.51. The van der Waals surface area contributed by atoms with E-state index in [1.807, 2.05) is 19.2 Å². The Morgan fingerprint density at radius 3 is 2.86 bits per heavy atom. The molecule has 8 nitrogen and oxygen atoms in total. The first kappa shape index (κ1) is 18.2. The smallest absolute Gasteiger partial charge is 0.409 e. The molecule has 0 aliphatic carbocycles. The molecule has 0 atom stereocenters. The SMILES string of the molecule is COc1cc(-c2nc(C3CCOCC3)n3ccnc(C)c23)ccc1NC(=O)O. The maximum atomic E-state index is 11.0. The van der Waals surface area contributed by atoms with Gasteiger partial charge in [0.1, 0.15) is 11.6 Å². The molecule has 1 aromatic carbocycles. The Morgan fingerprint density at radius 2 is 2.14 bits per heavy atom. The van der Waals surface area contributed by atoms with E-state index >= 15 is 0 Å². The van der Waals surface area contributed by atoms with Crippen LogP contribution in [-0.2, 0) is 4.74 Å². The average molecular weight is 382 g/mol. The molecule has 0 unspecified atom stereocenters. The molecule has 0 bridgehead atoms.